The van der Waals surface area contributed by atoms with Crippen LogP contribution in [0.15, 0.2) is 50.2 Å². The van der Waals surface area contributed by atoms with Gasteiger partial charge < -0.3 is 4.74 Å². The summed E-state index contributed by atoms with van der Waals surface area (Å²) in [4.78, 5) is 1.33. The number of ether oxygens (including phenoxy) is 1. The monoisotopic (exact) mass is 382 g/mol. The van der Waals surface area contributed by atoms with E-state index in [-0.39, 0.29) is 6.10 Å². The molecule has 18 heavy (non-hydrogen) atoms. The molecule has 0 aliphatic carbocycles. The highest BCUT2D eigenvalue weighted by Gasteiger charge is 2.42. The molecule has 0 fully saturated rings. The van der Waals surface area contributed by atoms with E-state index in [1.165, 1.54) is 16.0 Å². The molecule has 0 saturated carbocycles. The van der Waals surface area contributed by atoms with Gasteiger partial charge in [0.25, 0.3) is 0 Å². The Morgan fingerprint density at radius 2 is 1.67 bits per heavy atom. The van der Waals surface area contributed by atoms with Crippen molar-refractivity contribution < 1.29 is 4.74 Å². The van der Waals surface area contributed by atoms with Gasteiger partial charge in [-0.05, 0) is 24.3 Å². The van der Waals surface area contributed by atoms with Crippen LogP contribution in [0, 0.1) is 0 Å². The van der Waals surface area contributed by atoms with Gasteiger partial charge in [0.15, 0.2) is 0 Å². The first-order chi connectivity index (χ1) is 8.72. The lowest BCUT2D eigenvalue weighted by molar-refractivity contribution is 0.237. The van der Waals surface area contributed by atoms with E-state index >= 15 is 0 Å². The number of fused-ring (bicyclic) bond motifs is 5. The van der Waals surface area contributed by atoms with Crippen LogP contribution in [-0.2, 0) is 0 Å². The molecule has 0 radical (unpaired) electrons. The molecule has 0 saturated heterocycles. The van der Waals surface area contributed by atoms with Gasteiger partial charge in [0, 0.05) is 25.0 Å². The van der Waals surface area contributed by atoms with Crippen LogP contribution < -0.4 is 4.74 Å². The largest absolute Gasteiger partial charge is 0.484 e. The van der Waals surface area contributed by atoms with Crippen molar-refractivity contribution in [2.45, 2.75) is 16.2 Å². The SMILES string of the molecule is Brc1ccc2c(c1)OC1c3ccc(Br)cc3SC21. The van der Waals surface area contributed by atoms with E-state index in [1.54, 1.807) is 0 Å². The van der Waals surface area contributed by atoms with Crippen molar-refractivity contribution in [3.8, 4) is 5.75 Å². The second-order valence-electron chi connectivity index (χ2n) is 4.44. The average Bonchev–Trinajstić information content (AvgIpc) is 2.83. The number of hydrogen-bond donors (Lipinski definition) is 0. The normalized spacial score (nSPS) is 23.2. The third-order valence-electron chi connectivity index (χ3n) is 3.35. The lowest BCUT2D eigenvalue weighted by Gasteiger charge is -2.09. The molecule has 2 aromatic rings. The first-order valence-electron chi connectivity index (χ1n) is 5.64. The van der Waals surface area contributed by atoms with E-state index in [0.717, 1.165) is 14.7 Å². The lowest BCUT2D eigenvalue weighted by atomic mass is 10.0. The van der Waals surface area contributed by atoms with Crippen LogP contribution in [0.1, 0.15) is 22.5 Å². The van der Waals surface area contributed by atoms with Gasteiger partial charge in [-0.25, -0.2) is 0 Å². The Morgan fingerprint density at radius 1 is 0.944 bits per heavy atom. The summed E-state index contributed by atoms with van der Waals surface area (Å²) in [5, 5.41) is 0.400. The third kappa shape index (κ3) is 1.59. The number of hydrogen-bond acceptors (Lipinski definition) is 2. The van der Waals surface area contributed by atoms with Crippen LogP contribution in [-0.4, -0.2) is 0 Å². The molecule has 2 heterocycles. The molecule has 4 rings (SSSR count). The van der Waals surface area contributed by atoms with Crippen LogP contribution in [0.25, 0.3) is 0 Å². The van der Waals surface area contributed by atoms with Crippen LogP contribution >= 0.6 is 43.6 Å². The summed E-state index contributed by atoms with van der Waals surface area (Å²) in [6.07, 6.45) is 0.169. The van der Waals surface area contributed by atoms with Crippen LogP contribution in [0.4, 0.5) is 0 Å². The molecule has 2 unspecified atom stereocenters. The van der Waals surface area contributed by atoms with Gasteiger partial charge in [0.1, 0.15) is 11.9 Å². The Labute approximate surface area is 126 Å². The number of rotatable bonds is 0. The van der Waals surface area contributed by atoms with E-state index < -0.39 is 0 Å². The summed E-state index contributed by atoms with van der Waals surface area (Å²) in [5.74, 6) is 1.01. The van der Waals surface area contributed by atoms with E-state index in [1.807, 2.05) is 11.8 Å². The molecule has 0 spiro atoms. The molecule has 0 amide bonds. The maximum Gasteiger partial charge on any atom is 0.141 e. The average molecular weight is 384 g/mol. The standard InChI is InChI=1S/C14H8Br2OS/c15-7-1-3-9-11(5-7)17-13-10-4-2-8(16)6-12(10)18-14(9)13/h1-6,13-14H. The summed E-state index contributed by atoms with van der Waals surface area (Å²) >= 11 is 8.92. The molecular weight excluding hydrogens is 376 g/mol. The van der Waals surface area contributed by atoms with E-state index in [2.05, 4.69) is 68.3 Å². The van der Waals surface area contributed by atoms with Crippen molar-refractivity contribution in [1.82, 2.24) is 0 Å². The minimum Gasteiger partial charge on any atom is -0.484 e. The second kappa shape index (κ2) is 4.02. The van der Waals surface area contributed by atoms with E-state index in [0.29, 0.717) is 5.25 Å². The second-order valence-corrected chi connectivity index (χ2v) is 7.46. The topological polar surface area (TPSA) is 9.23 Å². The van der Waals surface area contributed by atoms with E-state index in [9.17, 15) is 0 Å². The van der Waals surface area contributed by atoms with Gasteiger partial charge in [-0.15, -0.1) is 11.8 Å². The maximum absolute atomic E-state index is 6.11. The first kappa shape index (κ1) is 11.4. The number of halogens is 2. The fourth-order valence-corrected chi connectivity index (χ4v) is 4.83. The molecule has 0 aromatic heterocycles. The third-order valence-corrected chi connectivity index (χ3v) is 5.70. The molecule has 2 aliphatic rings. The fraction of sp³-hybridized carbons (Fsp3) is 0.143. The van der Waals surface area contributed by atoms with Gasteiger partial charge in [0.05, 0.1) is 5.25 Å². The predicted molar refractivity (Wildman–Crippen MR) is 80.3 cm³/mol. The Morgan fingerprint density at radius 3 is 2.50 bits per heavy atom. The molecule has 90 valence electrons. The molecule has 2 aromatic carbocycles. The highest BCUT2D eigenvalue weighted by molar-refractivity contribution is 9.10. The summed E-state index contributed by atoms with van der Waals surface area (Å²) in [5.41, 5.74) is 2.61. The van der Waals surface area contributed by atoms with Gasteiger partial charge >= 0.3 is 0 Å². The van der Waals surface area contributed by atoms with Crippen molar-refractivity contribution in [2.24, 2.45) is 0 Å². The maximum atomic E-state index is 6.11. The Bertz CT molecular complexity index is 599. The highest BCUT2D eigenvalue weighted by atomic mass is 79.9. The Kier molecular flexibility index (Phi) is 2.54. The highest BCUT2D eigenvalue weighted by Crippen LogP contribution is 2.61. The number of thioether (sulfide) groups is 1. The fourth-order valence-electron chi connectivity index (χ4n) is 2.54. The minimum atomic E-state index is 0.169. The Balaban J connectivity index is 1.82. The molecule has 2 atom stereocenters. The van der Waals surface area contributed by atoms with Crippen LogP contribution in [0.2, 0.25) is 0 Å². The van der Waals surface area contributed by atoms with Crippen LogP contribution in [0.5, 0.6) is 5.75 Å². The molecule has 4 heteroatoms. The minimum absolute atomic E-state index is 0.169. The summed E-state index contributed by atoms with van der Waals surface area (Å²) < 4.78 is 8.31. The molecular formula is C14H8Br2OS. The quantitative estimate of drug-likeness (QED) is 0.594. The van der Waals surface area contributed by atoms with Gasteiger partial charge in [0.2, 0.25) is 0 Å². The zero-order chi connectivity index (χ0) is 12.3. The van der Waals surface area contributed by atoms with Crippen molar-refractivity contribution in [3.05, 3.63) is 56.5 Å². The van der Waals surface area contributed by atoms with Gasteiger partial charge in [-0.2, -0.15) is 0 Å². The Hall–Kier alpha value is -0.450. The molecule has 0 N–H and O–H groups in total. The lowest BCUT2D eigenvalue weighted by Crippen LogP contribution is -2.01. The van der Waals surface area contributed by atoms with E-state index in [4.69, 9.17) is 4.74 Å². The van der Waals surface area contributed by atoms with Gasteiger partial charge in [-0.1, -0.05) is 44.0 Å². The predicted octanol–water partition coefficient (Wildman–Crippen LogP) is 5.49. The summed E-state index contributed by atoms with van der Waals surface area (Å²) in [6.45, 7) is 0. The smallest absolute Gasteiger partial charge is 0.141 e. The molecule has 1 nitrogen and oxygen atoms in total. The van der Waals surface area contributed by atoms with Crippen molar-refractivity contribution in [2.75, 3.05) is 0 Å². The molecule has 2 aliphatic heterocycles. The number of benzene rings is 2. The molecule has 0 bridgehead atoms. The van der Waals surface area contributed by atoms with Crippen LogP contribution in [0.3, 0.4) is 0 Å². The van der Waals surface area contributed by atoms with Crippen molar-refractivity contribution >= 4 is 43.6 Å². The van der Waals surface area contributed by atoms with Gasteiger partial charge in [-0.3, -0.25) is 0 Å². The summed E-state index contributed by atoms with van der Waals surface area (Å²) in [7, 11) is 0. The van der Waals surface area contributed by atoms with Crippen molar-refractivity contribution in [1.29, 1.82) is 0 Å². The summed E-state index contributed by atoms with van der Waals surface area (Å²) in [6, 6.07) is 12.7. The zero-order valence-electron chi connectivity index (χ0n) is 9.19. The zero-order valence-corrected chi connectivity index (χ0v) is 13.2. The van der Waals surface area contributed by atoms with Crippen molar-refractivity contribution in [3.63, 3.8) is 0 Å². The first-order valence-corrected chi connectivity index (χ1v) is 8.11.